The molecule has 0 bridgehead atoms. The molecule has 21 heavy (non-hydrogen) atoms. The van der Waals surface area contributed by atoms with Crippen LogP contribution >= 0.6 is 15.9 Å². The molecule has 0 aliphatic rings. The van der Waals surface area contributed by atoms with E-state index < -0.39 is 5.82 Å². The third-order valence-electron chi connectivity index (χ3n) is 3.16. The Bertz CT molecular complexity index is 677. The zero-order valence-electron chi connectivity index (χ0n) is 12.2. The van der Waals surface area contributed by atoms with Crippen molar-refractivity contribution in [2.45, 2.75) is 26.2 Å². The van der Waals surface area contributed by atoms with Crippen molar-refractivity contribution in [2.24, 2.45) is 0 Å². The molecule has 0 aliphatic carbocycles. The van der Waals surface area contributed by atoms with Gasteiger partial charge in [-0.1, -0.05) is 39.0 Å². The van der Waals surface area contributed by atoms with Crippen molar-refractivity contribution in [3.63, 3.8) is 0 Å². The second-order valence-corrected chi connectivity index (χ2v) is 6.73. The van der Waals surface area contributed by atoms with Gasteiger partial charge in [0.2, 0.25) is 0 Å². The predicted octanol–water partition coefficient (Wildman–Crippen LogP) is 5.14. The van der Waals surface area contributed by atoms with E-state index in [4.69, 9.17) is 0 Å². The molecule has 0 unspecified atom stereocenters. The van der Waals surface area contributed by atoms with Gasteiger partial charge in [0.15, 0.2) is 0 Å². The minimum absolute atomic E-state index is 0.146. The van der Waals surface area contributed by atoms with E-state index in [9.17, 15) is 9.18 Å². The van der Waals surface area contributed by atoms with Gasteiger partial charge >= 0.3 is 0 Å². The molecule has 0 aliphatic heterocycles. The number of carbonyl (C=O) groups excluding carboxylic acids is 1. The van der Waals surface area contributed by atoms with E-state index in [0.717, 1.165) is 5.56 Å². The SMILES string of the molecule is CC(C)(C)c1ccccc1C(=O)Nc1cc(F)ccc1Br. The molecule has 1 amide bonds. The van der Waals surface area contributed by atoms with Crippen LogP contribution in [-0.2, 0) is 5.41 Å². The Morgan fingerprint density at radius 2 is 1.81 bits per heavy atom. The number of hydrogen-bond acceptors (Lipinski definition) is 1. The molecule has 2 aromatic rings. The molecule has 110 valence electrons. The number of hydrogen-bond donors (Lipinski definition) is 1. The van der Waals surface area contributed by atoms with Crippen LogP contribution in [0.1, 0.15) is 36.7 Å². The Balaban J connectivity index is 2.36. The quantitative estimate of drug-likeness (QED) is 0.799. The van der Waals surface area contributed by atoms with Crippen LogP contribution in [0.5, 0.6) is 0 Å². The summed E-state index contributed by atoms with van der Waals surface area (Å²) in [6, 6.07) is 11.7. The number of carbonyl (C=O) groups is 1. The van der Waals surface area contributed by atoms with Gasteiger partial charge in [-0.2, -0.15) is 0 Å². The molecule has 0 spiro atoms. The zero-order valence-corrected chi connectivity index (χ0v) is 13.8. The summed E-state index contributed by atoms with van der Waals surface area (Å²) in [5.41, 5.74) is 1.83. The van der Waals surface area contributed by atoms with Crippen molar-refractivity contribution in [3.05, 3.63) is 63.9 Å². The first-order valence-corrected chi connectivity index (χ1v) is 7.44. The molecule has 1 N–H and O–H groups in total. The highest BCUT2D eigenvalue weighted by Gasteiger charge is 2.21. The van der Waals surface area contributed by atoms with Crippen LogP contribution in [0.25, 0.3) is 0 Å². The molecular formula is C17H17BrFNO. The number of benzene rings is 2. The van der Waals surface area contributed by atoms with E-state index in [1.165, 1.54) is 12.1 Å². The molecule has 0 atom stereocenters. The van der Waals surface area contributed by atoms with Crippen LogP contribution in [0.4, 0.5) is 10.1 Å². The standard InChI is InChI=1S/C17H17BrFNO/c1-17(2,3)13-7-5-4-6-12(13)16(21)20-15-10-11(19)8-9-14(15)18/h4-10H,1-3H3,(H,20,21). The summed E-state index contributed by atoms with van der Waals surface area (Å²) in [7, 11) is 0. The monoisotopic (exact) mass is 349 g/mol. The maximum absolute atomic E-state index is 13.3. The average molecular weight is 350 g/mol. The predicted molar refractivity (Wildman–Crippen MR) is 87.2 cm³/mol. The lowest BCUT2D eigenvalue weighted by molar-refractivity contribution is 0.102. The molecule has 2 aromatic carbocycles. The van der Waals surface area contributed by atoms with Gasteiger partial charge in [-0.05, 0) is 51.2 Å². The number of rotatable bonds is 2. The lowest BCUT2D eigenvalue weighted by Crippen LogP contribution is -2.21. The van der Waals surface area contributed by atoms with Crippen LogP contribution in [-0.4, -0.2) is 5.91 Å². The van der Waals surface area contributed by atoms with E-state index in [-0.39, 0.29) is 11.3 Å². The van der Waals surface area contributed by atoms with Crippen LogP contribution in [0.15, 0.2) is 46.9 Å². The summed E-state index contributed by atoms with van der Waals surface area (Å²) in [4.78, 5) is 12.5. The van der Waals surface area contributed by atoms with Crippen molar-refractivity contribution in [1.29, 1.82) is 0 Å². The minimum Gasteiger partial charge on any atom is -0.321 e. The first-order valence-electron chi connectivity index (χ1n) is 6.65. The molecule has 0 fully saturated rings. The average Bonchev–Trinajstić information content (AvgIpc) is 2.42. The van der Waals surface area contributed by atoms with Crippen LogP contribution in [0.2, 0.25) is 0 Å². The number of halogens is 2. The molecule has 0 saturated heterocycles. The largest absolute Gasteiger partial charge is 0.321 e. The Labute approximate surface area is 132 Å². The maximum atomic E-state index is 13.3. The van der Waals surface area contributed by atoms with Crippen LogP contribution in [0.3, 0.4) is 0 Å². The lowest BCUT2D eigenvalue weighted by Gasteiger charge is -2.22. The molecule has 4 heteroatoms. The van der Waals surface area contributed by atoms with Gasteiger partial charge in [0.1, 0.15) is 5.82 Å². The highest BCUT2D eigenvalue weighted by Crippen LogP contribution is 2.28. The van der Waals surface area contributed by atoms with Crippen molar-refractivity contribution in [1.82, 2.24) is 0 Å². The fraction of sp³-hybridized carbons (Fsp3) is 0.235. The maximum Gasteiger partial charge on any atom is 0.255 e. The van der Waals surface area contributed by atoms with Gasteiger partial charge in [0.25, 0.3) is 5.91 Å². The highest BCUT2D eigenvalue weighted by atomic mass is 79.9. The van der Waals surface area contributed by atoms with Gasteiger partial charge in [-0.15, -0.1) is 0 Å². The van der Waals surface area contributed by atoms with Crippen molar-refractivity contribution in [3.8, 4) is 0 Å². The van der Waals surface area contributed by atoms with Crippen molar-refractivity contribution in [2.75, 3.05) is 5.32 Å². The normalized spacial score (nSPS) is 11.3. The summed E-state index contributed by atoms with van der Waals surface area (Å²) >= 11 is 3.31. The molecule has 0 radical (unpaired) electrons. The summed E-state index contributed by atoms with van der Waals surface area (Å²) in [5, 5.41) is 2.75. The summed E-state index contributed by atoms with van der Waals surface area (Å²) < 4.78 is 13.9. The fourth-order valence-corrected chi connectivity index (χ4v) is 2.46. The second-order valence-electron chi connectivity index (χ2n) is 5.87. The van der Waals surface area contributed by atoms with Gasteiger partial charge in [0, 0.05) is 10.0 Å². The molecule has 0 aromatic heterocycles. The van der Waals surface area contributed by atoms with Crippen molar-refractivity contribution < 1.29 is 9.18 Å². The molecule has 2 rings (SSSR count). The molecular weight excluding hydrogens is 333 g/mol. The fourth-order valence-electron chi connectivity index (χ4n) is 2.12. The first kappa shape index (κ1) is 15.7. The van der Waals surface area contributed by atoms with E-state index in [1.54, 1.807) is 12.1 Å². The van der Waals surface area contributed by atoms with Gasteiger partial charge in [-0.3, -0.25) is 4.79 Å². The van der Waals surface area contributed by atoms with Crippen LogP contribution < -0.4 is 5.32 Å². The smallest absolute Gasteiger partial charge is 0.255 e. The van der Waals surface area contributed by atoms with E-state index in [1.807, 2.05) is 18.2 Å². The Kier molecular flexibility index (Phi) is 4.47. The number of anilines is 1. The highest BCUT2D eigenvalue weighted by molar-refractivity contribution is 9.10. The summed E-state index contributed by atoms with van der Waals surface area (Å²) in [6.45, 7) is 6.16. The van der Waals surface area contributed by atoms with E-state index in [2.05, 4.69) is 42.0 Å². The Morgan fingerprint density at radius 1 is 1.14 bits per heavy atom. The first-order chi connectivity index (χ1) is 9.79. The zero-order chi connectivity index (χ0) is 15.6. The summed E-state index contributed by atoms with van der Waals surface area (Å²) in [6.07, 6.45) is 0. The third kappa shape index (κ3) is 3.70. The van der Waals surface area contributed by atoms with Crippen LogP contribution in [0, 0.1) is 5.82 Å². The molecule has 2 nitrogen and oxygen atoms in total. The third-order valence-corrected chi connectivity index (χ3v) is 3.85. The van der Waals surface area contributed by atoms with Crippen molar-refractivity contribution >= 4 is 27.5 Å². The summed E-state index contributed by atoms with van der Waals surface area (Å²) in [5.74, 6) is -0.635. The van der Waals surface area contributed by atoms with E-state index in [0.29, 0.717) is 15.7 Å². The lowest BCUT2D eigenvalue weighted by atomic mass is 9.83. The van der Waals surface area contributed by atoms with Gasteiger partial charge < -0.3 is 5.32 Å². The molecule has 0 heterocycles. The van der Waals surface area contributed by atoms with Gasteiger partial charge in [-0.25, -0.2) is 4.39 Å². The Hall–Kier alpha value is -1.68. The number of nitrogens with one attached hydrogen (secondary N) is 1. The topological polar surface area (TPSA) is 29.1 Å². The Morgan fingerprint density at radius 3 is 2.48 bits per heavy atom. The molecule has 0 saturated carbocycles. The van der Waals surface area contributed by atoms with Gasteiger partial charge in [0.05, 0.1) is 5.69 Å². The second kappa shape index (κ2) is 5.98. The van der Waals surface area contributed by atoms with E-state index >= 15 is 0 Å². The number of amides is 1. The minimum atomic E-state index is -0.391.